The van der Waals surface area contributed by atoms with Crippen molar-refractivity contribution in [2.75, 3.05) is 26.9 Å². The third-order valence-electron chi connectivity index (χ3n) is 14.2. The number of nitrogens with zero attached hydrogens (tertiary/aromatic N) is 4. The molecule has 4 fully saturated rings. The summed E-state index contributed by atoms with van der Waals surface area (Å²) in [6.45, 7) is 5.80. The van der Waals surface area contributed by atoms with Crippen LogP contribution in [0.15, 0.2) is 48.7 Å². The Kier molecular flexibility index (Phi) is 10.7. The minimum atomic E-state index is -1.20. The Morgan fingerprint density at radius 3 is 2.54 bits per heavy atom. The molecule has 4 aliphatic heterocycles. The van der Waals surface area contributed by atoms with Gasteiger partial charge in [-0.1, -0.05) is 38.5 Å². The van der Waals surface area contributed by atoms with Crippen molar-refractivity contribution in [1.29, 1.82) is 0 Å². The number of aromatic amines is 2. The number of carbonyl (C=O) groups is 4. The highest BCUT2D eigenvalue weighted by atomic mass is 16.5. The van der Waals surface area contributed by atoms with Crippen molar-refractivity contribution >= 4 is 45.8 Å². The number of nitrogens with one attached hydrogen (secondary N) is 4. The summed E-state index contributed by atoms with van der Waals surface area (Å²) in [5.74, 6) is 2.03. The zero-order valence-corrected chi connectivity index (χ0v) is 35.8. The van der Waals surface area contributed by atoms with Crippen LogP contribution < -0.4 is 15.4 Å². The Balaban J connectivity index is 0.902. The standard InChI is InChI=1S/C47H54N8O8/c1-24(2)39(53-47(60)61-3)45(57)55-35-7-4-6-28(35)20-37(55)43-49-33-12-10-26-19-32-30-11-9-27(18-29(30)23-63-38(32)21-31(26)41(33)51-43)34-22-48-42(50-34)36-8-5-15-54(36)44(56)40(52-46(58)59)25-13-16-62-17-14-25/h9-12,18-19,21-22,24-25,28,35-37,39-40,52H,4-8,13-17,20,23H2,1-3H3,(H,48,50)(H,49,51)(H,53,60)(H,58,59)/t28-,35-,36?,37-,39-,40-/m0/s1. The minimum absolute atomic E-state index is 0.0998. The van der Waals surface area contributed by atoms with Crippen LogP contribution >= 0.6 is 0 Å². The van der Waals surface area contributed by atoms with Crippen LogP contribution in [0.5, 0.6) is 5.75 Å². The number of methoxy groups -OCH3 is 1. The molecule has 1 unspecified atom stereocenters. The number of imidazole rings is 2. The van der Waals surface area contributed by atoms with Crippen LogP contribution in [-0.4, -0.2) is 104 Å². The largest absolute Gasteiger partial charge is 0.488 e. The second-order valence-corrected chi connectivity index (χ2v) is 18.2. The number of benzene rings is 3. The zero-order chi connectivity index (χ0) is 43.5. The summed E-state index contributed by atoms with van der Waals surface area (Å²) in [6, 6.07) is 12.7. The Labute approximate surface area is 364 Å². The molecule has 0 spiro atoms. The van der Waals surface area contributed by atoms with Gasteiger partial charge in [-0.2, -0.15) is 0 Å². The van der Waals surface area contributed by atoms with E-state index in [1.807, 2.05) is 24.8 Å². The van der Waals surface area contributed by atoms with Gasteiger partial charge in [0.15, 0.2) is 0 Å². The summed E-state index contributed by atoms with van der Waals surface area (Å²) in [5, 5.41) is 16.9. The molecule has 6 heterocycles. The van der Waals surface area contributed by atoms with E-state index in [1.165, 1.54) is 7.11 Å². The van der Waals surface area contributed by atoms with E-state index >= 15 is 0 Å². The number of ether oxygens (including phenoxy) is 3. The van der Waals surface area contributed by atoms with E-state index in [0.717, 1.165) is 99.9 Å². The summed E-state index contributed by atoms with van der Waals surface area (Å²) in [4.78, 5) is 73.0. The van der Waals surface area contributed by atoms with Gasteiger partial charge in [-0.3, -0.25) is 9.59 Å². The van der Waals surface area contributed by atoms with Crippen molar-refractivity contribution in [3.8, 4) is 28.1 Å². The van der Waals surface area contributed by atoms with Crippen LogP contribution in [0.2, 0.25) is 0 Å². The van der Waals surface area contributed by atoms with Crippen molar-refractivity contribution in [1.82, 2.24) is 40.4 Å². The van der Waals surface area contributed by atoms with E-state index in [2.05, 4.69) is 57.0 Å². The summed E-state index contributed by atoms with van der Waals surface area (Å²) in [6.07, 6.45) is 6.65. The average molecular weight is 859 g/mol. The second-order valence-electron chi connectivity index (χ2n) is 18.2. The monoisotopic (exact) mass is 858 g/mol. The van der Waals surface area contributed by atoms with Gasteiger partial charge in [0.25, 0.3) is 0 Å². The normalized spacial score (nSPS) is 23.0. The lowest BCUT2D eigenvalue weighted by Gasteiger charge is -2.33. The van der Waals surface area contributed by atoms with Crippen molar-refractivity contribution in [3.05, 3.63) is 65.9 Å². The summed E-state index contributed by atoms with van der Waals surface area (Å²) < 4.78 is 16.8. The van der Waals surface area contributed by atoms with Gasteiger partial charge < -0.3 is 49.7 Å². The molecule has 10 rings (SSSR count). The van der Waals surface area contributed by atoms with Gasteiger partial charge in [0.1, 0.15) is 36.1 Å². The third kappa shape index (κ3) is 7.41. The first-order valence-electron chi connectivity index (χ1n) is 22.4. The highest BCUT2D eigenvalue weighted by Gasteiger charge is 2.49. The number of likely N-dealkylation sites (tertiary alicyclic amines) is 2. The number of alkyl carbamates (subject to hydrolysis) is 1. The molecule has 0 bridgehead atoms. The molecule has 5 aliphatic rings. The Bertz CT molecular complexity index is 2600. The van der Waals surface area contributed by atoms with Crippen molar-refractivity contribution in [3.63, 3.8) is 0 Å². The van der Waals surface area contributed by atoms with Gasteiger partial charge in [-0.25, -0.2) is 19.6 Å². The van der Waals surface area contributed by atoms with Crippen LogP contribution in [-0.2, 0) is 25.7 Å². The lowest BCUT2D eigenvalue weighted by molar-refractivity contribution is -0.138. The van der Waals surface area contributed by atoms with E-state index in [-0.39, 0.29) is 41.8 Å². The molecule has 3 saturated heterocycles. The van der Waals surface area contributed by atoms with E-state index in [1.54, 1.807) is 11.1 Å². The maximum absolute atomic E-state index is 14.3. The molecule has 6 atom stereocenters. The van der Waals surface area contributed by atoms with Gasteiger partial charge >= 0.3 is 12.2 Å². The van der Waals surface area contributed by atoms with Crippen molar-refractivity contribution in [2.24, 2.45) is 17.8 Å². The smallest absolute Gasteiger partial charge is 0.407 e. The first kappa shape index (κ1) is 40.9. The Morgan fingerprint density at radius 2 is 1.75 bits per heavy atom. The lowest BCUT2D eigenvalue weighted by Crippen LogP contribution is -2.53. The molecule has 2 aromatic heterocycles. The van der Waals surface area contributed by atoms with Crippen LogP contribution in [0.25, 0.3) is 44.2 Å². The molecule has 330 valence electrons. The van der Waals surface area contributed by atoms with Gasteiger partial charge in [-0.05, 0) is 109 Å². The number of hydrogen-bond donors (Lipinski definition) is 5. The number of carboxylic acid groups (broad SMARTS) is 1. The first-order valence-corrected chi connectivity index (χ1v) is 22.4. The Morgan fingerprint density at radius 1 is 0.905 bits per heavy atom. The molecule has 5 aromatic rings. The van der Waals surface area contributed by atoms with Gasteiger partial charge in [0.2, 0.25) is 11.8 Å². The molecule has 1 saturated carbocycles. The quantitative estimate of drug-likeness (QED) is 0.101. The SMILES string of the molecule is COC(=O)N[C@H](C(=O)N1[C@H](c2nc3ccc4cc5c(cc4c3[nH]2)OCc2cc(-c3cnc(C4CCCN4C(=O)[C@@H](NC(=O)O)C4CCOCC4)[nH]3)ccc2-5)C[C@@H]2CCC[C@@H]21)C(C)C. The lowest BCUT2D eigenvalue weighted by atomic mass is 9.90. The van der Waals surface area contributed by atoms with Gasteiger partial charge in [0, 0.05) is 36.8 Å². The average Bonchev–Trinajstić information content (AvgIpc) is 4.14. The zero-order valence-electron chi connectivity index (χ0n) is 35.8. The predicted octanol–water partition coefficient (Wildman–Crippen LogP) is 7.21. The fourth-order valence-electron chi connectivity index (χ4n) is 11.1. The van der Waals surface area contributed by atoms with E-state index in [9.17, 15) is 24.3 Å². The number of aromatic nitrogens is 4. The number of amides is 4. The maximum Gasteiger partial charge on any atom is 0.407 e. The number of fused-ring (bicyclic) bond motifs is 7. The molecule has 4 amide bonds. The number of H-pyrrole nitrogens is 2. The van der Waals surface area contributed by atoms with Gasteiger partial charge in [-0.15, -0.1) is 0 Å². The number of rotatable bonds is 9. The van der Waals surface area contributed by atoms with E-state index in [0.29, 0.717) is 50.9 Å². The third-order valence-corrected chi connectivity index (χ3v) is 14.2. The molecule has 16 heteroatoms. The minimum Gasteiger partial charge on any atom is -0.488 e. The van der Waals surface area contributed by atoms with Crippen LogP contribution in [0.3, 0.4) is 0 Å². The first-order chi connectivity index (χ1) is 30.6. The molecule has 3 aromatic carbocycles. The molecular formula is C47H54N8O8. The van der Waals surface area contributed by atoms with Crippen LogP contribution in [0, 0.1) is 17.8 Å². The Hall–Kier alpha value is -6.16. The van der Waals surface area contributed by atoms with E-state index in [4.69, 9.17) is 24.2 Å². The highest BCUT2D eigenvalue weighted by Crippen LogP contribution is 2.49. The number of hydrogen-bond acceptors (Lipinski definition) is 9. The summed E-state index contributed by atoms with van der Waals surface area (Å²) in [5.41, 5.74) is 6.58. The fourth-order valence-corrected chi connectivity index (χ4v) is 11.1. The van der Waals surface area contributed by atoms with Crippen LogP contribution in [0.4, 0.5) is 9.59 Å². The summed E-state index contributed by atoms with van der Waals surface area (Å²) in [7, 11) is 1.31. The molecular weight excluding hydrogens is 805 g/mol. The highest BCUT2D eigenvalue weighted by molar-refractivity contribution is 6.07. The van der Waals surface area contributed by atoms with Crippen molar-refractivity contribution < 1.29 is 38.5 Å². The number of carbonyl (C=O) groups excluding carboxylic acids is 3. The predicted molar refractivity (Wildman–Crippen MR) is 233 cm³/mol. The van der Waals surface area contributed by atoms with Gasteiger partial charge in [0.05, 0.1) is 42.1 Å². The molecule has 0 radical (unpaired) electrons. The second kappa shape index (κ2) is 16.5. The van der Waals surface area contributed by atoms with Crippen molar-refractivity contribution in [2.45, 2.75) is 102 Å². The van der Waals surface area contributed by atoms with E-state index < -0.39 is 24.3 Å². The summed E-state index contributed by atoms with van der Waals surface area (Å²) >= 11 is 0. The molecule has 5 N–H and O–H groups in total. The maximum atomic E-state index is 14.3. The van der Waals surface area contributed by atoms with Crippen LogP contribution in [0.1, 0.15) is 94.5 Å². The molecule has 16 nitrogen and oxygen atoms in total. The molecule has 63 heavy (non-hydrogen) atoms. The topological polar surface area (TPSA) is 204 Å². The fraction of sp³-hybridized carbons (Fsp3) is 0.489. The molecule has 1 aliphatic carbocycles.